The van der Waals surface area contributed by atoms with Gasteiger partial charge in [0, 0.05) is 24.2 Å². The smallest absolute Gasteiger partial charge is 0.317 e. The Bertz CT molecular complexity index is 773. The summed E-state index contributed by atoms with van der Waals surface area (Å²) in [4.78, 5) is 22.8. The molecule has 0 atom stereocenters. The number of hydrogen-bond donors (Lipinski definition) is 2. The summed E-state index contributed by atoms with van der Waals surface area (Å²) in [5.74, 6) is -0.910. The molecule has 1 aromatic rings. The van der Waals surface area contributed by atoms with Gasteiger partial charge in [0.1, 0.15) is 0 Å². The van der Waals surface area contributed by atoms with Crippen molar-refractivity contribution in [2.75, 3.05) is 13.1 Å². The van der Waals surface area contributed by atoms with Gasteiger partial charge in [0.15, 0.2) is 0 Å². The van der Waals surface area contributed by atoms with Gasteiger partial charge in [-0.3, -0.25) is 19.8 Å². The number of carbonyl (C=O) groups is 1. The number of likely N-dealkylation sites (N-methyl/N-ethyl adjacent to an activating group) is 1. The number of nitro groups is 1. The van der Waals surface area contributed by atoms with Gasteiger partial charge in [-0.15, -0.1) is 0 Å². The first-order valence-electron chi connectivity index (χ1n) is 7.87. The number of nitro benzene ring substituents is 1. The Balaban J connectivity index is 2.02. The van der Waals surface area contributed by atoms with Crippen molar-refractivity contribution in [3.8, 4) is 0 Å². The van der Waals surface area contributed by atoms with E-state index in [1.165, 1.54) is 19.1 Å². The van der Waals surface area contributed by atoms with Crippen LogP contribution in [0.3, 0.4) is 0 Å². The van der Waals surface area contributed by atoms with E-state index in [-0.39, 0.29) is 29.2 Å². The third-order valence-corrected chi connectivity index (χ3v) is 6.04. The van der Waals surface area contributed by atoms with Gasteiger partial charge in [-0.05, 0) is 37.9 Å². The lowest BCUT2D eigenvalue weighted by Crippen LogP contribution is -2.54. The highest BCUT2D eigenvalue weighted by atomic mass is 32.2. The fourth-order valence-corrected chi connectivity index (χ4v) is 4.47. The largest absolute Gasteiger partial charge is 0.480 e. The number of aliphatic carboxylic acids is 1. The molecule has 0 saturated heterocycles. The second-order valence-electron chi connectivity index (χ2n) is 6.11. The number of benzene rings is 1. The predicted octanol–water partition coefficient (Wildman–Crippen LogP) is 1.12. The third-order valence-electron chi connectivity index (χ3n) is 4.35. The van der Waals surface area contributed by atoms with Crippen LogP contribution in [0.15, 0.2) is 23.1 Å². The summed E-state index contributed by atoms with van der Waals surface area (Å²) in [5, 5.41) is 19.6. The number of hydrogen-bond acceptors (Lipinski definition) is 6. The lowest BCUT2D eigenvalue weighted by Gasteiger charge is -2.42. The maximum absolute atomic E-state index is 12.5. The van der Waals surface area contributed by atoms with Gasteiger partial charge in [-0.2, -0.15) is 0 Å². The van der Waals surface area contributed by atoms with Crippen molar-refractivity contribution in [2.45, 2.75) is 43.7 Å². The molecule has 1 saturated carbocycles. The van der Waals surface area contributed by atoms with Gasteiger partial charge < -0.3 is 5.11 Å². The summed E-state index contributed by atoms with van der Waals surface area (Å²) in [6.45, 7) is 3.89. The van der Waals surface area contributed by atoms with Crippen LogP contribution in [0, 0.1) is 17.0 Å². The molecule has 0 radical (unpaired) electrons. The lowest BCUT2D eigenvalue weighted by atomic mass is 9.86. The molecule has 0 bridgehead atoms. The summed E-state index contributed by atoms with van der Waals surface area (Å²) in [5.41, 5.74) is 0.144. The monoisotopic (exact) mass is 371 g/mol. The van der Waals surface area contributed by atoms with Crippen LogP contribution in [-0.2, 0) is 14.8 Å². The van der Waals surface area contributed by atoms with E-state index >= 15 is 0 Å². The van der Waals surface area contributed by atoms with Crippen molar-refractivity contribution in [2.24, 2.45) is 0 Å². The van der Waals surface area contributed by atoms with Crippen molar-refractivity contribution in [1.82, 2.24) is 9.62 Å². The second kappa shape index (κ2) is 7.46. The van der Waals surface area contributed by atoms with Crippen LogP contribution in [0.1, 0.15) is 25.3 Å². The summed E-state index contributed by atoms with van der Waals surface area (Å²) in [7, 11) is -3.78. The first-order chi connectivity index (χ1) is 11.6. The lowest BCUT2D eigenvalue weighted by molar-refractivity contribution is -0.385. The molecule has 10 heteroatoms. The number of non-ortho nitro benzene ring substituents is 1. The summed E-state index contributed by atoms with van der Waals surface area (Å²) in [6, 6.07) is 3.38. The molecule has 0 spiro atoms. The molecule has 25 heavy (non-hydrogen) atoms. The zero-order valence-corrected chi connectivity index (χ0v) is 14.8. The Hall–Kier alpha value is -2.04. The van der Waals surface area contributed by atoms with E-state index in [0.717, 1.165) is 6.07 Å². The molecular formula is C15H21N3O6S. The Kier molecular flexibility index (Phi) is 5.76. The standard InChI is InChI=1S/C15H21N3O6S/c1-3-17(9-15(19)20)13-7-11(8-13)16-25(23,24)14-5-4-12(18(21)22)6-10(14)2/h4-6,11,13,16H,3,7-9H2,1-2H3,(H,19,20). The fraction of sp³-hybridized carbons (Fsp3) is 0.533. The minimum absolute atomic E-state index is 0.0134. The Morgan fingerprint density at radius 1 is 1.44 bits per heavy atom. The van der Waals surface area contributed by atoms with E-state index in [1.807, 2.05) is 6.92 Å². The van der Waals surface area contributed by atoms with Crippen molar-refractivity contribution >= 4 is 21.7 Å². The highest BCUT2D eigenvalue weighted by Crippen LogP contribution is 2.28. The van der Waals surface area contributed by atoms with E-state index in [4.69, 9.17) is 5.11 Å². The topological polar surface area (TPSA) is 130 Å². The number of carboxylic acids is 1. The quantitative estimate of drug-likeness (QED) is 0.517. The van der Waals surface area contributed by atoms with Crippen LogP contribution in [-0.4, -0.2) is 54.5 Å². The van der Waals surface area contributed by atoms with E-state index in [1.54, 1.807) is 4.90 Å². The number of sulfonamides is 1. The van der Waals surface area contributed by atoms with Crippen molar-refractivity contribution < 1.29 is 23.2 Å². The predicted molar refractivity (Wildman–Crippen MR) is 89.8 cm³/mol. The van der Waals surface area contributed by atoms with E-state index in [0.29, 0.717) is 24.9 Å². The van der Waals surface area contributed by atoms with Crippen LogP contribution in [0.25, 0.3) is 0 Å². The maximum Gasteiger partial charge on any atom is 0.317 e. The van der Waals surface area contributed by atoms with Crippen LogP contribution in [0.5, 0.6) is 0 Å². The highest BCUT2D eigenvalue weighted by molar-refractivity contribution is 7.89. The summed E-state index contributed by atoms with van der Waals surface area (Å²) in [6.07, 6.45) is 1.07. The normalized spacial score (nSPS) is 20.3. The molecule has 1 aromatic carbocycles. The minimum Gasteiger partial charge on any atom is -0.480 e. The number of rotatable bonds is 8. The molecule has 2 N–H and O–H groups in total. The van der Waals surface area contributed by atoms with Crippen molar-refractivity contribution in [3.05, 3.63) is 33.9 Å². The zero-order chi connectivity index (χ0) is 18.8. The number of aryl methyl sites for hydroxylation is 1. The molecule has 138 valence electrons. The fourth-order valence-electron chi connectivity index (χ4n) is 2.99. The Morgan fingerprint density at radius 3 is 2.56 bits per heavy atom. The van der Waals surface area contributed by atoms with Gasteiger partial charge in [0.25, 0.3) is 5.69 Å². The van der Waals surface area contributed by atoms with Crippen LogP contribution < -0.4 is 4.72 Å². The van der Waals surface area contributed by atoms with Gasteiger partial charge in [-0.25, -0.2) is 13.1 Å². The molecule has 0 unspecified atom stereocenters. The molecule has 0 amide bonds. The van der Waals surface area contributed by atoms with Crippen LogP contribution in [0.2, 0.25) is 0 Å². The van der Waals surface area contributed by atoms with Gasteiger partial charge in [-0.1, -0.05) is 6.92 Å². The average molecular weight is 371 g/mol. The minimum atomic E-state index is -3.78. The van der Waals surface area contributed by atoms with Crippen molar-refractivity contribution in [1.29, 1.82) is 0 Å². The summed E-state index contributed by atoms with van der Waals surface area (Å²) < 4.78 is 27.5. The molecule has 1 aliphatic carbocycles. The molecule has 0 aliphatic heterocycles. The first-order valence-corrected chi connectivity index (χ1v) is 9.35. The number of nitrogens with one attached hydrogen (secondary N) is 1. The summed E-state index contributed by atoms with van der Waals surface area (Å²) >= 11 is 0. The zero-order valence-electron chi connectivity index (χ0n) is 14.0. The molecule has 0 aromatic heterocycles. The Morgan fingerprint density at radius 2 is 2.08 bits per heavy atom. The second-order valence-corrected chi connectivity index (χ2v) is 7.79. The van der Waals surface area contributed by atoms with Crippen molar-refractivity contribution in [3.63, 3.8) is 0 Å². The third kappa shape index (κ3) is 4.53. The van der Waals surface area contributed by atoms with Gasteiger partial charge in [0.2, 0.25) is 10.0 Å². The average Bonchev–Trinajstić information content (AvgIpc) is 2.47. The molecule has 1 aliphatic rings. The molecule has 1 fully saturated rings. The molecule has 2 rings (SSSR count). The molecular weight excluding hydrogens is 350 g/mol. The number of carboxylic acid groups (broad SMARTS) is 1. The maximum atomic E-state index is 12.5. The van der Waals surface area contributed by atoms with E-state index in [9.17, 15) is 23.3 Å². The van der Waals surface area contributed by atoms with E-state index < -0.39 is 20.9 Å². The Labute approximate surface area is 145 Å². The number of nitrogens with zero attached hydrogens (tertiary/aromatic N) is 2. The SMILES string of the molecule is CCN(CC(=O)O)C1CC(NS(=O)(=O)c2ccc([N+](=O)[O-])cc2C)C1. The molecule has 0 heterocycles. The first kappa shape index (κ1) is 19.3. The van der Waals surface area contributed by atoms with Gasteiger partial charge in [0.05, 0.1) is 16.4 Å². The van der Waals surface area contributed by atoms with E-state index in [2.05, 4.69) is 4.72 Å². The van der Waals surface area contributed by atoms with Gasteiger partial charge >= 0.3 is 5.97 Å². The van der Waals surface area contributed by atoms with Crippen LogP contribution in [0.4, 0.5) is 5.69 Å². The molecule has 9 nitrogen and oxygen atoms in total. The van der Waals surface area contributed by atoms with Crippen LogP contribution >= 0.6 is 0 Å². The highest BCUT2D eigenvalue weighted by Gasteiger charge is 2.36.